The molecule has 0 bridgehead atoms. The Morgan fingerprint density at radius 1 is 0.857 bits per heavy atom. The lowest BCUT2D eigenvalue weighted by molar-refractivity contribution is 0.269. The van der Waals surface area contributed by atoms with Crippen LogP contribution in [0.4, 0.5) is 0 Å². The van der Waals surface area contributed by atoms with Crippen LogP contribution in [0.15, 0.2) is 72.8 Å². The second kappa shape index (κ2) is 9.90. The number of benzene rings is 3. The Hall–Kier alpha value is -2.85. The number of rotatable bonds is 8. The predicted octanol–water partition coefficient (Wildman–Crippen LogP) is 5.44. The van der Waals surface area contributed by atoms with Gasteiger partial charge in [-0.3, -0.25) is 0 Å². The van der Waals surface area contributed by atoms with Crippen LogP contribution in [0.25, 0.3) is 0 Å². The summed E-state index contributed by atoms with van der Waals surface area (Å²) < 4.78 is 11.7. The third-order valence-corrected chi connectivity index (χ3v) is 4.70. The van der Waals surface area contributed by atoms with Gasteiger partial charge < -0.3 is 14.8 Å². The van der Waals surface area contributed by atoms with Crippen LogP contribution in [-0.4, -0.2) is 11.6 Å². The summed E-state index contributed by atoms with van der Waals surface area (Å²) in [5.41, 5.74) is 4.47. The van der Waals surface area contributed by atoms with E-state index in [9.17, 15) is 0 Å². The highest BCUT2D eigenvalue weighted by molar-refractivity contribution is 7.80. The molecule has 0 fully saturated rings. The average molecular weight is 392 g/mol. The van der Waals surface area contributed by atoms with E-state index in [4.69, 9.17) is 21.7 Å². The van der Waals surface area contributed by atoms with Crippen LogP contribution >= 0.6 is 12.2 Å². The van der Waals surface area contributed by atoms with Crippen LogP contribution in [-0.2, 0) is 13.2 Å². The van der Waals surface area contributed by atoms with Crippen LogP contribution in [0.1, 0.15) is 29.2 Å². The summed E-state index contributed by atoms with van der Waals surface area (Å²) in [7, 11) is 0. The lowest BCUT2D eigenvalue weighted by Gasteiger charge is -2.15. The molecule has 0 aromatic heterocycles. The summed E-state index contributed by atoms with van der Waals surface area (Å²) in [6.45, 7) is 5.79. The van der Waals surface area contributed by atoms with Crippen molar-refractivity contribution in [2.75, 3.05) is 6.61 Å². The van der Waals surface area contributed by atoms with Crippen molar-refractivity contribution in [2.24, 2.45) is 0 Å². The van der Waals surface area contributed by atoms with E-state index in [1.165, 1.54) is 11.1 Å². The number of thiocarbonyl (C=S) groups is 1. The minimum atomic E-state index is 0.496. The molecule has 0 atom stereocenters. The van der Waals surface area contributed by atoms with Crippen LogP contribution in [0.5, 0.6) is 11.5 Å². The Labute approximate surface area is 172 Å². The lowest BCUT2D eigenvalue weighted by Crippen LogP contribution is -2.21. The summed E-state index contributed by atoms with van der Waals surface area (Å²) in [6, 6.07) is 24.3. The first kappa shape index (κ1) is 19.9. The van der Waals surface area contributed by atoms with E-state index in [-0.39, 0.29) is 0 Å². The van der Waals surface area contributed by atoms with Gasteiger partial charge in [-0.2, -0.15) is 0 Å². The second-order valence-corrected chi connectivity index (χ2v) is 6.95. The molecule has 0 aliphatic rings. The third kappa shape index (κ3) is 5.57. The molecule has 144 valence electrons. The Morgan fingerprint density at radius 3 is 2.32 bits per heavy atom. The first-order chi connectivity index (χ1) is 13.7. The van der Waals surface area contributed by atoms with Crippen molar-refractivity contribution < 1.29 is 9.47 Å². The van der Waals surface area contributed by atoms with Gasteiger partial charge in [0.15, 0.2) is 11.5 Å². The van der Waals surface area contributed by atoms with E-state index in [2.05, 4.69) is 36.5 Å². The molecule has 4 heteroatoms. The first-order valence-corrected chi connectivity index (χ1v) is 9.84. The zero-order valence-corrected chi connectivity index (χ0v) is 17.1. The van der Waals surface area contributed by atoms with E-state index in [0.29, 0.717) is 30.5 Å². The van der Waals surface area contributed by atoms with Gasteiger partial charge in [0, 0.05) is 12.1 Å². The van der Waals surface area contributed by atoms with Crippen LogP contribution in [0.3, 0.4) is 0 Å². The molecule has 0 unspecified atom stereocenters. The van der Waals surface area contributed by atoms with E-state index >= 15 is 0 Å². The minimum Gasteiger partial charge on any atom is -0.490 e. The van der Waals surface area contributed by atoms with E-state index in [1.54, 1.807) is 0 Å². The molecule has 28 heavy (non-hydrogen) atoms. The van der Waals surface area contributed by atoms with Gasteiger partial charge in [0.25, 0.3) is 0 Å². The third-order valence-electron chi connectivity index (χ3n) is 4.32. The molecular weight excluding hydrogens is 366 g/mol. The molecule has 0 saturated carbocycles. The molecule has 0 radical (unpaired) electrons. The number of aryl methyl sites for hydroxylation is 1. The fraction of sp³-hybridized carbons (Fsp3) is 0.208. The molecule has 0 amide bonds. The maximum absolute atomic E-state index is 5.96. The fourth-order valence-corrected chi connectivity index (χ4v) is 2.96. The molecular formula is C24H25NO2S. The Bertz CT molecular complexity index is 908. The maximum atomic E-state index is 5.96. The quantitative estimate of drug-likeness (QED) is 0.518. The van der Waals surface area contributed by atoms with E-state index in [1.807, 2.05) is 55.5 Å². The van der Waals surface area contributed by atoms with Gasteiger partial charge in [0.05, 0.1) is 6.61 Å². The molecule has 1 N–H and O–H groups in total. The standard InChI is InChI=1S/C24H25NO2S/c1-3-26-23-15-21(24(28)25-16-19-11-9-18(2)10-12-19)13-14-22(23)27-17-20-7-5-4-6-8-20/h4-15H,3,16-17H2,1-2H3,(H,25,28). The van der Waals surface area contributed by atoms with Crippen molar-refractivity contribution in [3.05, 3.63) is 95.1 Å². The van der Waals surface area contributed by atoms with Crippen molar-refractivity contribution in [2.45, 2.75) is 27.0 Å². The highest BCUT2D eigenvalue weighted by atomic mass is 32.1. The summed E-state index contributed by atoms with van der Waals surface area (Å²) in [6.07, 6.45) is 0. The largest absolute Gasteiger partial charge is 0.490 e. The van der Waals surface area contributed by atoms with Gasteiger partial charge in [-0.15, -0.1) is 0 Å². The maximum Gasteiger partial charge on any atom is 0.161 e. The average Bonchev–Trinajstić information content (AvgIpc) is 2.73. The van der Waals surface area contributed by atoms with Crippen molar-refractivity contribution in [1.82, 2.24) is 5.32 Å². The molecule has 0 saturated heterocycles. The predicted molar refractivity (Wildman–Crippen MR) is 118 cm³/mol. The second-order valence-electron chi connectivity index (χ2n) is 6.54. The Balaban J connectivity index is 1.66. The van der Waals surface area contributed by atoms with Gasteiger partial charge in [0.2, 0.25) is 0 Å². The summed E-state index contributed by atoms with van der Waals surface area (Å²) >= 11 is 5.57. The van der Waals surface area contributed by atoms with E-state index < -0.39 is 0 Å². The molecule has 3 aromatic rings. The van der Waals surface area contributed by atoms with Gasteiger partial charge in [-0.25, -0.2) is 0 Å². The minimum absolute atomic E-state index is 0.496. The smallest absolute Gasteiger partial charge is 0.161 e. The number of ether oxygens (including phenoxy) is 2. The molecule has 0 spiro atoms. The monoisotopic (exact) mass is 391 g/mol. The summed E-state index contributed by atoms with van der Waals surface area (Å²) in [5, 5.41) is 3.32. The molecule has 0 aliphatic carbocycles. The number of nitrogens with one attached hydrogen (secondary N) is 1. The molecule has 0 heterocycles. The highest BCUT2D eigenvalue weighted by Gasteiger charge is 2.10. The van der Waals surface area contributed by atoms with Crippen molar-refractivity contribution in [3.8, 4) is 11.5 Å². The molecule has 3 aromatic carbocycles. The topological polar surface area (TPSA) is 30.5 Å². The van der Waals surface area contributed by atoms with E-state index in [0.717, 1.165) is 16.9 Å². The van der Waals surface area contributed by atoms with Crippen LogP contribution in [0, 0.1) is 6.92 Å². The first-order valence-electron chi connectivity index (χ1n) is 9.43. The lowest BCUT2D eigenvalue weighted by atomic mass is 10.1. The van der Waals surface area contributed by atoms with Gasteiger partial charge in [-0.1, -0.05) is 72.4 Å². The molecule has 3 nitrogen and oxygen atoms in total. The van der Waals surface area contributed by atoms with Crippen molar-refractivity contribution in [3.63, 3.8) is 0 Å². The molecule has 0 aliphatic heterocycles. The van der Waals surface area contributed by atoms with Crippen LogP contribution in [0.2, 0.25) is 0 Å². The van der Waals surface area contributed by atoms with Gasteiger partial charge in [0.1, 0.15) is 11.6 Å². The Morgan fingerprint density at radius 2 is 1.61 bits per heavy atom. The zero-order chi connectivity index (χ0) is 19.8. The van der Waals surface area contributed by atoms with Crippen LogP contribution < -0.4 is 14.8 Å². The van der Waals surface area contributed by atoms with Crippen molar-refractivity contribution >= 4 is 17.2 Å². The van der Waals surface area contributed by atoms with Gasteiger partial charge in [-0.05, 0) is 43.2 Å². The molecule has 3 rings (SSSR count). The normalized spacial score (nSPS) is 10.4. The number of hydrogen-bond acceptors (Lipinski definition) is 3. The summed E-state index contributed by atoms with van der Waals surface area (Å²) in [5.74, 6) is 1.42. The number of hydrogen-bond donors (Lipinski definition) is 1. The highest BCUT2D eigenvalue weighted by Crippen LogP contribution is 2.29. The van der Waals surface area contributed by atoms with Gasteiger partial charge >= 0.3 is 0 Å². The Kier molecular flexibility index (Phi) is 7.04. The summed E-state index contributed by atoms with van der Waals surface area (Å²) in [4.78, 5) is 0.691. The zero-order valence-electron chi connectivity index (χ0n) is 16.3. The SMILES string of the molecule is CCOc1cc(C(=S)NCc2ccc(C)cc2)ccc1OCc1ccccc1. The fourth-order valence-electron chi connectivity index (χ4n) is 2.76. The van der Waals surface area contributed by atoms with Crippen molar-refractivity contribution in [1.29, 1.82) is 0 Å².